The number of hydrogen-bond donors (Lipinski definition) is 0. The first-order chi connectivity index (χ1) is 5.52. The third-order valence-electron chi connectivity index (χ3n) is 1.32. The molecule has 0 radical (unpaired) electrons. The van der Waals surface area contributed by atoms with E-state index in [1.807, 2.05) is 0 Å². The first-order valence-electron chi connectivity index (χ1n) is 3.33. The van der Waals surface area contributed by atoms with Gasteiger partial charge in [0.25, 0.3) is 5.24 Å². The maximum Gasteiger partial charge on any atom is 0.264 e. The molecule has 0 aliphatic carbocycles. The lowest BCUT2D eigenvalue weighted by Gasteiger charge is -1.96. The molecule has 0 aliphatic rings. The Bertz CT molecular complexity index is 310. The lowest BCUT2D eigenvalue weighted by molar-refractivity contribution is 0.108. The predicted molar refractivity (Wildman–Crippen MR) is 46.6 cm³/mol. The molecule has 0 aromatic carbocycles. The molecule has 0 N–H and O–H groups in total. The molecule has 1 rings (SSSR count). The number of aromatic nitrogens is 1. The van der Waals surface area contributed by atoms with E-state index >= 15 is 0 Å². The summed E-state index contributed by atoms with van der Waals surface area (Å²) in [5.74, 6) is 0. The highest BCUT2D eigenvalue weighted by Crippen LogP contribution is 2.26. The van der Waals surface area contributed by atoms with Gasteiger partial charge in [-0.2, -0.15) is 0 Å². The Morgan fingerprint density at radius 2 is 2.33 bits per heavy atom. The number of hydrogen-bond acceptors (Lipinski definition) is 3. The van der Waals surface area contributed by atoms with E-state index in [0.29, 0.717) is 5.01 Å². The summed E-state index contributed by atoms with van der Waals surface area (Å²) in [5, 5.41) is 0.0126. The molecule has 0 saturated heterocycles. The van der Waals surface area contributed by atoms with E-state index in [4.69, 9.17) is 11.6 Å². The first-order valence-corrected chi connectivity index (χ1v) is 4.53. The molecule has 0 spiro atoms. The number of alkyl halides is 1. The van der Waals surface area contributed by atoms with E-state index < -0.39 is 11.4 Å². The first kappa shape index (κ1) is 9.61. The molecule has 0 fully saturated rings. The highest BCUT2D eigenvalue weighted by atomic mass is 35.5. The lowest BCUT2D eigenvalue weighted by atomic mass is 10.3. The molecule has 1 unspecified atom stereocenters. The molecule has 1 atom stereocenters. The van der Waals surface area contributed by atoms with Crippen molar-refractivity contribution in [1.29, 1.82) is 0 Å². The van der Waals surface area contributed by atoms with E-state index in [2.05, 4.69) is 4.98 Å². The van der Waals surface area contributed by atoms with Crippen molar-refractivity contribution >= 4 is 28.2 Å². The van der Waals surface area contributed by atoms with Gasteiger partial charge < -0.3 is 0 Å². The fraction of sp³-hybridized carbons (Fsp3) is 0.429. The molecule has 1 aromatic heterocycles. The molecule has 1 heterocycles. The third-order valence-corrected chi connectivity index (χ3v) is 2.60. The van der Waals surface area contributed by atoms with Crippen LogP contribution in [0.1, 0.15) is 33.5 Å². The average Bonchev–Trinajstić information content (AvgIpc) is 2.31. The quantitative estimate of drug-likeness (QED) is 0.698. The molecular weight excluding hydrogens is 201 g/mol. The van der Waals surface area contributed by atoms with Gasteiger partial charge in [-0.25, -0.2) is 9.37 Å². The minimum Gasteiger partial charge on any atom is -0.275 e. The summed E-state index contributed by atoms with van der Waals surface area (Å²) in [7, 11) is 0. The second kappa shape index (κ2) is 3.49. The predicted octanol–water partition coefficient (Wildman–Crippen LogP) is 2.86. The van der Waals surface area contributed by atoms with E-state index in [1.54, 1.807) is 6.92 Å². The fourth-order valence-corrected chi connectivity index (χ4v) is 1.90. The van der Waals surface area contributed by atoms with Crippen molar-refractivity contribution in [2.45, 2.75) is 20.0 Å². The van der Waals surface area contributed by atoms with Crippen LogP contribution in [0.5, 0.6) is 0 Å². The third kappa shape index (κ3) is 1.81. The number of thiazole rings is 1. The van der Waals surface area contributed by atoms with Crippen LogP contribution in [-0.4, -0.2) is 10.2 Å². The number of halogens is 2. The molecule has 0 bridgehead atoms. The second-order valence-electron chi connectivity index (χ2n) is 2.34. The fourth-order valence-electron chi connectivity index (χ4n) is 0.854. The number of aryl methyl sites for hydroxylation is 1. The molecule has 1 aromatic rings. The van der Waals surface area contributed by atoms with Gasteiger partial charge >= 0.3 is 0 Å². The summed E-state index contributed by atoms with van der Waals surface area (Å²) < 4.78 is 12.8. The Morgan fingerprint density at radius 1 is 1.75 bits per heavy atom. The molecule has 0 aliphatic heterocycles. The summed E-state index contributed by atoms with van der Waals surface area (Å²) >= 11 is 6.35. The number of rotatable bonds is 2. The van der Waals surface area contributed by atoms with Crippen LogP contribution in [0.3, 0.4) is 0 Å². The van der Waals surface area contributed by atoms with Crippen LogP contribution in [0.25, 0.3) is 0 Å². The number of carbonyl (C=O) groups excluding carboxylic acids is 1. The van der Waals surface area contributed by atoms with Gasteiger partial charge in [0.2, 0.25) is 0 Å². The second-order valence-corrected chi connectivity index (χ2v) is 3.88. The summed E-state index contributed by atoms with van der Waals surface area (Å²) in [5.41, 5.74) is 0.150. The Balaban J connectivity index is 3.17. The summed E-state index contributed by atoms with van der Waals surface area (Å²) in [6.07, 6.45) is -1.24. The van der Waals surface area contributed by atoms with Crippen LogP contribution in [0.2, 0.25) is 0 Å². The van der Waals surface area contributed by atoms with Crippen LogP contribution in [0.15, 0.2) is 0 Å². The lowest BCUT2D eigenvalue weighted by Crippen LogP contribution is -1.94. The zero-order valence-electron chi connectivity index (χ0n) is 6.60. The molecule has 2 nitrogen and oxygen atoms in total. The maximum absolute atomic E-state index is 12.8. The average molecular weight is 208 g/mol. The van der Waals surface area contributed by atoms with Crippen molar-refractivity contribution in [3.05, 3.63) is 15.6 Å². The van der Waals surface area contributed by atoms with Gasteiger partial charge in [-0.1, -0.05) is 0 Å². The minimum absolute atomic E-state index is 0.150. The maximum atomic E-state index is 12.8. The smallest absolute Gasteiger partial charge is 0.264 e. The van der Waals surface area contributed by atoms with Crippen LogP contribution in [0.4, 0.5) is 4.39 Å². The van der Waals surface area contributed by atoms with E-state index in [9.17, 15) is 9.18 Å². The summed E-state index contributed by atoms with van der Waals surface area (Å²) in [6.45, 7) is 3.04. The van der Waals surface area contributed by atoms with Gasteiger partial charge in [0.15, 0.2) is 0 Å². The van der Waals surface area contributed by atoms with Crippen molar-refractivity contribution in [3.8, 4) is 0 Å². The molecule has 0 saturated carbocycles. The van der Waals surface area contributed by atoms with Crippen molar-refractivity contribution in [3.63, 3.8) is 0 Å². The van der Waals surface area contributed by atoms with Crippen molar-refractivity contribution in [1.82, 2.24) is 4.98 Å². The highest BCUT2D eigenvalue weighted by Gasteiger charge is 2.19. The topological polar surface area (TPSA) is 30.0 Å². The minimum atomic E-state index is -1.24. The van der Waals surface area contributed by atoms with E-state index in [0.717, 1.165) is 11.3 Å². The standard InChI is InChI=1S/C7H7ClFNOS/c1-3(9)5-6(7(8)11)12-4(2)10-5/h3H,1-2H3. The summed E-state index contributed by atoms with van der Waals surface area (Å²) in [6, 6.07) is 0. The molecule has 12 heavy (non-hydrogen) atoms. The Morgan fingerprint density at radius 3 is 2.67 bits per heavy atom. The molecule has 66 valence electrons. The van der Waals surface area contributed by atoms with Gasteiger partial charge in [0.05, 0.1) is 10.7 Å². The van der Waals surface area contributed by atoms with Gasteiger partial charge in [-0.05, 0) is 25.4 Å². The normalized spacial score (nSPS) is 13.0. The van der Waals surface area contributed by atoms with Crippen LogP contribution < -0.4 is 0 Å². The zero-order valence-corrected chi connectivity index (χ0v) is 8.17. The van der Waals surface area contributed by atoms with Gasteiger partial charge in [-0.3, -0.25) is 4.79 Å². The number of nitrogens with zero attached hydrogens (tertiary/aromatic N) is 1. The van der Waals surface area contributed by atoms with Crippen LogP contribution >= 0.6 is 22.9 Å². The summed E-state index contributed by atoms with van der Waals surface area (Å²) in [4.78, 5) is 14.8. The SMILES string of the molecule is Cc1nc(C(C)F)c(C(=O)Cl)s1. The van der Waals surface area contributed by atoms with Gasteiger partial charge in [0, 0.05) is 0 Å². The van der Waals surface area contributed by atoms with Crippen LogP contribution in [-0.2, 0) is 0 Å². The van der Waals surface area contributed by atoms with Gasteiger partial charge in [0.1, 0.15) is 11.0 Å². The monoisotopic (exact) mass is 207 g/mol. The Labute approximate surface area is 78.4 Å². The molecule has 5 heteroatoms. The Kier molecular flexibility index (Phi) is 2.80. The number of carbonyl (C=O) groups is 1. The molecule has 0 amide bonds. The molecular formula is C7H7ClFNOS. The van der Waals surface area contributed by atoms with Crippen molar-refractivity contribution < 1.29 is 9.18 Å². The van der Waals surface area contributed by atoms with Crippen LogP contribution in [0, 0.1) is 6.92 Å². The van der Waals surface area contributed by atoms with Crippen molar-refractivity contribution in [2.75, 3.05) is 0 Å². The highest BCUT2D eigenvalue weighted by molar-refractivity contribution is 7.15. The largest absolute Gasteiger partial charge is 0.275 e. The van der Waals surface area contributed by atoms with E-state index in [-0.39, 0.29) is 10.6 Å². The van der Waals surface area contributed by atoms with Crippen molar-refractivity contribution in [2.24, 2.45) is 0 Å². The Hall–Kier alpha value is -0.480. The zero-order chi connectivity index (χ0) is 9.30. The van der Waals surface area contributed by atoms with Gasteiger partial charge in [-0.15, -0.1) is 11.3 Å². The van der Waals surface area contributed by atoms with E-state index in [1.165, 1.54) is 6.92 Å².